The van der Waals surface area contributed by atoms with Gasteiger partial charge < -0.3 is 26.8 Å². The third-order valence-corrected chi connectivity index (χ3v) is 11.1. The number of nitrogens with zero attached hydrogens (tertiary/aromatic N) is 1. The summed E-state index contributed by atoms with van der Waals surface area (Å²) in [6, 6.07) is -1.24. The average molecular weight is 802 g/mol. The van der Waals surface area contributed by atoms with Gasteiger partial charge in [-0.25, -0.2) is 0 Å². The number of rotatable bonds is 43. The van der Waals surface area contributed by atoms with Crippen molar-refractivity contribution in [1.82, 2.24) is 4.90 Å². The fourth-order valence-corrected chi connectivity index (χ4v) is 7.24. The zero-order valence-electron chi connectivity index (χ0n) is 37.2. The Labute approximate surface area is 351 Å². The van der Waals surface area contributed by atoms with Gasteiger partial charge in [0.2, 0.25) is 5.91 Å². The molecule has 0 radical (unpaired) electrons. The number of ether oxygens (including phenoxy) is 1. The number of allylic oxidation sites excluding steroid dienone is 4. The van der Waals surface area contributed by atoms with Crippen molar-refractivity contribution in [3.63, 3.8) is 0 Å². The van der Waals surface area contributed by atoms with Crippen LogP contribution < -0.4 is 17.2 Å². The lowest BCUT2D eigenvalue weighted by atomic mass is 9.99. The molecule has 57 heavy (non-hydrogen) atoms. The van der Waals surface area contributed by atoms with Crippen LogP contribution in [0.25, 0.3) is 0 Å². The Morgan fingerprint density at radius 3 is 1.37 bits per heavy atom. The monoisotopic (exact) mass is 802 g/mol. The van der Waals surface area contributed by atoms with E-state index < -0.39 is 12.1 Å². The molecular weight excluding hydrogens is 711 g/mol. The van der Waals surface area contributed by atoms with E-state index >= 15 is 0 Å². The summed E-state index contributed by atoms with van der Waals surface area (Å²) >= 11 is 0. The van der Waals surface area contributed by atoms with Crippen LogP contribution in [0.4, 0.5) is 0 Å². The van der Waals surface area contributed by atoms with Crippen molar-refractivity contribution in [2.75, 3.05) is 20.2 Å². The van der Waals surface area contributed by atoms with E-state index in [2.05, 4.69) is 36.0 Å². The highest BCUT2D eigenvalue weighted by atomic mass is 16.5. The quantitative estimate of drug-likeness (QED) is 0.0157. The summed E-state index contributed by atoms with van der Waals surface area (Å²) in [7, 11) is 1.45. The van der Waals surface area contributed by atoms with Crippen LogP contribution in [0, 0.1) is 5.41 Å². The van der Waals surface area contributed by atoms with Crippen LogP contribution in [0.1, 0.15) is 225 Å². The van der Waals surface area contributed by atoms with Gasteiger partial charge in [0, 0.05) is 32.4 Å². The normalized spacial score (nSPS) is 12.7. The summed E-state index contributed by atoms with van der Waals surface area (Å²) in [6.45, 7) is 3.73. The van der Waals surface area contributed by atoms with Crippen LogP contribution in [0.2, 0.25) is 0 Å². The van der Waals surface area contributed by atoms with Gasteiger partial charge in [-0.05, 0) is 89.9 Å². The van der Waals surface area contributed by atoms with E-state index in [9.17, 15) is 14.4 Å². The molecular formula is C48H91N5O4. The topological polar surface area (TPSA) is 166 Å². The van der Waals surface area contributed by atoms with E-state index in [1.165, 1.54) is 129 Å². The maximum Gasteiger partial charge on any atom is 0.305 e. The molecule has 332 valence electrons. The van der Waals surface area contributed by atoms with Gasteiger partial charge in [0.15, 0.2) is 0 Å². The first kappa shape index (κ1) is 54.5. The number of Topliss-reactive ketones (excluding diaryl/α,β-unsaturated/α-hetero) is 1. The number of methoxy groups -OCH3 is 1. The number of amidine groups is 1. The predicted molar refractivity (Wildman–Crippen MR) is 242 cm³/mol. The molecule has 9 heteroatoms. The van der Waals surface area contributed by atoms with E-state index in [-0.39, 0.29) is 29.9 Å². The Balaban J connectivity index is 4.43. The van der Waals surface area contributed by atoms with E-state index in [0.717, 1.165) is 77.3 Å². The summed E-state index contributed by atoms with van der Waals surface area (Å²) in [5.41, 5.74) is 18.0. The smallest absolute Gasteiger partial charge is 0.305 e. The molecule has 1 amide bonds. The third kappa shape index (κ3) is 37.5. The zero-order chi connectivity index (χ0) is 42.0. The minimum absolute atomic E-state index is 0.0315. The van der Waals surface area contributed by atoms with E-state index in [0.29, 0.717) is 25.7 Å². The predicted octanol–water partition coefficient (Wildman–Crippen LogP) is 11.5. The maximum absolute atomic E-state index is 13.5. The highest BCUT2D eigenvalue weighted by molar-refractivity contribution is 5.86. The first-order valence-corrected chi connectivity index (χ1v) is 23.7. The van der Waals surface area contributed by atoms with Gasteiger partial charge in [-0.2, -0.15) is 0 Å². The number of esters is 1. The minimum atomic E-state index is -0.681. The molecule has 0 saturated carbocycles. The van der Waals surface area contributed by atoms with E-state index in [1.807, 2.05) is 4.90 Å². The van der Waals surface area contributed by atoms with Crippen LogP contribution in [-0.4, -0.2) is 60.7 Å². The first-order valence-electron chi connectivity index (χ1n) is 23.7. The van der Waals surface area contributed by atoms with Gasteiger partial charge in [-0.1, -0.05) is 140 Å². The molecule has 0 rings (SSSR count). The molecule has 9 nitrogen and oxygen atoms in total. The van der Waals surface area contributed by atoms with Gasteiger partial charge in [-0.15, -0.1) is 0 Å². The van der Waals surface area contributed by atoms with Crippen LogP contribution in [0.15, 0.2) is 24.3 Å². The molecule has 0 aliphatic carbocycles. The second kappa shape index (κ2) is 41.6. The fraction of sp³-hybridized carbons (Fsp3) is 0.833. The van der Waals surface area contributed by atoms with Crippen molar-refractivity contribution in [2.45, 2.75) is 237 Å². The second-order valence-electron chi connectivity index (χ2n) is 16.5. The Hall–Kier alpha value is -2.52. The second-order valence-corrected chi connectivity index (χ2v) is 16.5. The summed E-state index contributed by atoms with van der Waals surface area (Å²) in [5.74, 6) is -0.0234. The Morgan fingerprint density at radius 2 is 0.930 bits per heavy atom. The van der Waals surface area contributed by atoms with E-state index in [4.69, 9.17) is 22.6 Å². The molecule has 0 spiro atoms. The molecule has 0 aromatic rings. The first-order chi connectivity index (χ1) is 27.7. The number of carbonyl (C=O) groups excluding carboxylic acids is 3. The summed E-state index contributed by atoms with van der Waals surface area (Å²) in [5, 5.41) is 7.35. The number of nitrogens with one attached hydrogen (secondary N) is 1. The highest BCUT2D eigenvalue weighted by Crippen LogP contribution is 2.15. The molecule has 0 saturated heterocycles. The lowest BCUT2D eigenvalue weighted by Gasteiger charge is -2.26. The lowest BCUT2D eigenvalue weighted by Crippen LogP contribution is -2.45. The molecule has 0 heterocycles. The largest absolute Gasteiger partial charge is 0.469 e. The molecule has 0 aliphatic heterocycles. The van der Waals surface area contributed by atoms with Crippen molar-refractivity contribution < 1.29 is 19.1 Å². The average Bonchev–Trinajstić information content (AvgIpc) is 3.20. The lowest BCUT2D eigenvalue weighted by molar-refractivity contribution is -0.140. The number of carbonyl (C=O) groups is 3. The van der Waals surface area contributed by atoms with Crippen molar-refractivity contribution in [2.24, 2.45) is 17.2 Å². The van der Waals surface area contributed by atoms with Crippen molar-refractivity contribution in [1.29, 1.82) is 5.41 Å². The number of unbranched alkanes of at least 4 members (excludes halogenated alkanes) is 24. The number of hydrogen-bond acceptors (Lipinski definition) is 7. The molecule has 2 unspecified atom stereocenters. The molecule has 2 atom stereocenters. The van der Waals surface area contributed by atoms with Crippen molar-refractivity contribution in [3.8, 4) is 0 Å². The van der Waals surface area contributed by atoms with Crippen molar-refractivity contribution in [3.05, 3.63) is 24.3 Å². The van der Waals surface area contributed by atoms with Crippen LogP contribution in [-0.2, 0) is 19.1 Å². The van der Waals surface area contributed by atoms with Crippen LogP contribution >= 0.6 is 0 Å². The number of hydrogen-bond donors (Lipinski definition) is 4. The van der Waals surface area contributed by atoms with Crippen LogP contribution in [0.5, 0.6) is 0 Å². The zero-order valence-corrected chi connectivity index (χ0v) is 37.2. The summed E-state index contributed by atoms with van der Waals surface area (Å²) in [6.07, 6.45) is 45.6. The van der Waals surface area contributed by atoms with Gasteiger partial charge >= 0.3 is 5.97 Å². The standard InChI is InChI=1S/C48H91N5O4/c1-3-4-5-6-7-8-9-10-11-14-17-20-23-26-29-34-41-53(48(56)44(50)39-40-45(54)43(49)36-32-33-37-46(51)52)42-35-30-27-24-21-18-15-12-13-16-19-22-25-28-31-38-47(55)57-2/h10-13,43-44H,3-9,14-42,49-50H2,1-2H3,(H3,51,52)/b11-10-,13-12-. The Morgan fingerprint density at radius 1 is 0.526 bits per heavy atom. The fourth-order valence-electron chi connectivity index (χ4n) is 7.24. The Bertz CT molecular complexity index is 1030. The highest BCUT2D eigenvalue weighted by Gasteiger charge is 2.23. The molecule has 0 aromatic carbocycles. The Kier molecular flexibility index (Phi) is 39.8. The SMILES string of the molecule is CCCCCCCC/C=C\CCCCCCCCN(CCCCCCCC/C=C\CCCCCCCC(=O)OC)C(=O)C(N)CCC(=O)C(N)CCCCC(=N)N. The maximum atomic E-state index is 13.5. The summed E-state index contributed by atoms with van der Waals surface area (Å²) in [4.78, 5) is 39.3. The minimum Gasteiger partial charge on any atom is -0.469 e. The third-order valence-electron chi connectivity index (χ3n) is 11.1. The molecule has 0 bridgehead atoms. The molecule has 0 fully saturated rings. The van der Waals surface area contributed by atoms with Gasteiger partial charge in [0.25, 0.3) is 0 Å². The number of nitrogens with two attached hydrogens (primary N) is 3. The number of amides is 1. The molecule has 7 N–H and O–H groups in total. The van der Waals surface area contributed by atoms with E-state index in [1.54, 1.807) is 0 Å². The van der Waals surface area contributed by atoms with Gasteiger partial charge in [0.05, 0.1) is 25.0 Å². The van der Waals surface area contributed by atoms with Crippen LogP contribution in [0.3, 0.4) is 0 Å². The van der Waals surface area contributed by atoms with Gasteiger partial charge in [0.1, 0.15) is 5.78 Å². The summed E-state index contributed by atoms with van der Waals surface area (Å²) < 4.78 is 4.69. The number of ketones is 1. The van der Waals surface area contributed by atoms with Crippen molar-refractivity contribution >= 4 is 23.5 Å². The molecule has 0 aliphatic rings. The molecule has 0 aromatic heterocycles. The van der Waals surface area contributed by atoms with Gasteiger partial charge in [-0.3, -0.25) is 19.8 Å².